The number of rotatable bonds is 3. The van der Waals surface area contributed by atoms with Gasteiger partial charge in [0.2, 0.25) is 0 Å². The van der Waals surface area contributed by atoms with Gasteiger partial charge < -0.3 is 4.74 Å². The molecule has 0 heterocycles. The smallest absolute Gasteiger partial charge is 0.261 e. The SMILES string of the molecule is Cc1c(OC2CCCCCC2)ccc(S(=O)(=O)Cl)c1C. The highest BCUT2D eigenvalue weighted by Gasteiger charge is 2.19. The second-order valence-corrected chi connectivity index (χ2v) is 8.02. The minimum absolute atomic E-state index is 0.171. The molecule has 1 aromatic carbocycles. The van der Waals surface area contributed by atoms with Crippen molar-refractivity contribution in [2.45, 2.75) is 63.4 Å². The first kappa shape index (κ1) is 15.6. The first-order valence-electron chi connectivity index (χ1n) is 7.11. The van der Waals surface area contributed by atoms with Crippen LogP contribution in [0, 0.1) is 13.8 Å². The Morgan fingerprint density at radius 3 is 2.20 bits per heavy atom. The van der Waals surface area contributed by atoms with E-state index in [1.807, 2.05) is 6.92 Å². The molecule has 0 atom stereocenters. The normalized spacial score (nSPS) is 17.8. The van der Waals surface area contributed by atoms with Gasteiger partial charge in [-0.15, -0.1) is 0 Å². The number of hydrogen-bond acceptors (Lipinski definition) is 3. The van der Waals surface area contributed by atoms with Crippen molar-refractivity contribution in [1.82, 2.24) is 0 Å². The predicted molar refractivity (Wildman–Crippen MR) is 81.1 cm³/mol. The van der Waals surface area contributed by atoms with Gasteiger partial charge in [-0.2, -0.15) is 0 Å². The Hall–Kier alpha value is -0.740. The minimum Gasteiger partial charge on any atom is -0.490 e. The number of halogens is 1. The van der Waals surface area contributed by atoms with Gasteiger partial charge in [0, 0.05) is 10.7 Å². The van der Waals surface area contributed by atoms with Crippen LogP contribution >= 0.6 is 10.7 Å². The molecule has 0 radical (unpaired) electrons. The zero-order valence-electron chi connectivity index (χ0n) is 12.0. The predicted octanol–water partition coefficient (Wildman–Crippen LogP) is 4.33. The van der Waals surface area contributed by atoms with Gasteiger partial charge in [0.05, 0.1) is 11.0 Å². The maximum absolute atomic E-state index is 11.5. The van der Waals surface area contributed by atoms with Crippen LogP contribution in [0.3, 0.4) is 0 Å². The lowest BCUT2D eigenvalue weighted by molar-refractivity contribution is 0.182. The van der Waals surface area contributed by atoms with Crippen LogP contribution in [0.2, 0.25) is 0 Å². The fourth-order valence-electron chi connectivity index (χ4n) is 2.70. The Morgan fingerprint density at radius 1 is 1.05 bits per heavy atom. The topological polar surface area (TPSA) is 43.4 Å². The van der Waals surface area contributed by atoms with Gasteiger partial charge in [-0.25, -0.2) is 8.42 Å². The molecule has 20 heavy (non-hydrogen) atoms. The molecule has 0 spiro atoms. The van der Waals surface area contributed by atoms with E-state index in [9.17, 15) is 8.42 Å². The van der Waals surface area contributed by atoms with E-state index in [1.54, 1.807) is 13.0 Å². The Balaban J connectivity index is 2.23. The quantitative estimate of drug-likeness (QED) is 0.615. The Kier molecular flexibility index (Phi) is 4.97. The molecule has 1 fully saturated rings. The third-order valence-electron chi connectivity index (χ3n) is 4.05. The lowest BCUT2D eigenvalue weighted by Crippen LogP contribution is -2.16. The fraction of sp³-hybridized carbons (Fsp3) is 0.600. The summed E-state index contributed by atoms with van der Waals surface area (Å²) in [7, 11) is 1.74. The van der Waals surface area contributed by atoms with Crippen LogP contribution in [-0.4, -0.2) is 14.5 Å². The first-order valence-corrected chi connectivity index (χ1v) is 9.42. The van der Waals surface area contributed by atoms with Crippen molar-refractivity contribution in [3.8, 4) is 5.75 Å². The summed E-state index contributed by atoms with van der Waals surface area (Å²) < 4.78 is 29.0. The summed E-state index contributed by atoms with van der Waals surface area (Å²) in [6, 6.07) is 3.26. The summed E-state index contributed by atoms with van der Waals surface area (Å²) in [5, 5.41) is 0. The molecule has 1 aliphatic carbocycles. The largest absolute Gasteiger partial charge is 0.490 e. The molecule has 0 bridgehead atoms. The molecule has 2 rings (SSSR count). The van der Waals surface area contributed by atoms with Crippen molar-refractivity contribution < 1.29 is 13.2 Å². The second-order valence-electron chi connectivity index (χ2n) is 5.48. The molecule has 0 unspecified atom stereocenters. The maximum Gasteiger partial charge on any atom is 0.261 e. The van der Waals surface area contributed by atoms with Gasteiger partial charge in [0.15, 0.2) is 0 Å². The van der Waals surface area contributed by atoms with E-state index in [0.29, 0.717) is 5.56 Å². The third kappa shape index (κ3) is 3.67. The molecule has 0 aromatic heterocycles. The molecular weight excluding hydrogens is 296 g/mol. The van der Waals surface area contributed by atoms with E-state index in [1.165, 1.54) is 31.7 Å². The Labute approximate surface area is 125 Å². The summed E-state index contributed by atoms with van der Waals surface area (Å²) in [5.41, 5.74) is 1.53. The van der Waals surface area contributed by atoms with Crippen molar-refractivity contribution in [3.63, 3.8) is 0 Å². The van der Waals surface area contributed by atoms with Crippen molar-refractivity contribution in [2.24, 2.45) is 0 Å². The second kappa shape index (κ2) is 6.35. The zero-order chi connectivity index (χ0) is 14.8. The molecule has 5 heteroatoms. The lowest BCUT2D eigenvalue weighted by Gasteiger charge is -2.20. The van der Waals surface area contributed by atoms with E-state index in [0.717, 1.165) is 24.2 Å². The van der Waals surface area contributed by atoms with Crippen molar-refractivity contribution in [1.29, 1.82) is 0 Å². The molecule has 112 valence electrons. The summed E-state index contributed by atoms with van der Waals surface area (Å²) in [5.74, 6) is 0.776. The average Bonchev–Trinajstić information content (AvgIpc) is 2.62. The molecule has 0 saturated heterocycles. The number of benzene rings is 1. The van der Waals surface area contributed by atoms with Crippen molar-refractivity contribution >= 4 is 19.7 Å². The van der Waals surface area contributed by atoms with Crippen LogP contribution in [0.1, 0.15) is 49.7 Å². The van der Waals surface area contributed by atoms with Gasteiger partial charge in [0.25, 0.3) is 9.05 Å². The van der Waals surface area contributed by atoms with Crippen LogP contribution in [0.25, 0.3) is 0 Å². The first-order chi connectivity index (χ1) is 9.39. The van der Waals surface area contributed by atoms with Crippen LogP contribution in [0.5, 0.6) is 5.75 Å². The highest BCUT2D eigenvalue weighted by molar-refractivity contribution is 8.13. The van der Waals surface area contributed by atoms with Crippen molar-refractivity contribution in [2.75, 3.05) is 0 Å². The van der Waals surface area contributed by atoms with E-state index >= 15 is 0 Å². The molecule has 1 aromatic rings. The Morgan fingerprint density at radius 2 is 1.65 bits per heavy atom. The standard InChI is InChI=1S/C15H21ClO3S/c1-11-12(2)15(20(16,17)18)10-9-14(11)19-13-7-5-3-4-6-8-13/h9-10,13H,3-8H2,1-2H3. The molecule has 0 amide bonds. The highest BCUT2D eigenvalue weighted by Crippen LogP contribution is 2.31. The van der Waals surface area contributed by atoms with E-state index in [2.05, 4.69) is 0 Å². The minimum atomic E-state index is -3.70. The molecule has 1 aliphatic rings. The van der Waals surface area contributed by atoms with Gasteiger partial charge in [-0.05, 0) is 62.8 Å². The van der Waals surface area contributed by atoms with Crippen LogP contribution < -0.4 is 4.74 Å². The lowest BCUT2D eigenvalue weighted by atomic mass is 10.1. The van der Waals surface area contributed by atoms with Crippen LogP contribution in [0.15, 0.2) is 17.0 Å². The maximum atomic E-state index is 11.5. The average molecular weight is 317 g/mol. The summed E-state index contributed by atoms with van der Waals surface area (Å²) >= 11 is 0. The highest BCUT2D eigenvalue weighted by atomic mass is 35.7. The Bertz CT molecular complexity index is 573. The van der Waals surface area contributed by atoms with Gasteiger partial charge in [-0.3, -0.25) is 0 Å². The zero-order valence-corrected chi connectivity index (χ0v) is 13.6. The number of hydrogen-bond donors (Lipinski definition) is 0. The summed E-state index contributed by atoms with van der Waals surface area (Å²) in [6.45, 7) is 3.65. The monoisotopic (exact) mass is 316 g/mol. The molecular formula is C15H21ClO3S. The third-order valence-corrected chi connectivity index (χ3v) is 5.51. The molecule has 0 N–H and O–H groups in total. The van der Waals surface area contributed by atoms with E-state index in [4.69, 9.17) is 15.4 Å². The van der Waals surface area contributed by atoms with E-state index in [-0.39, 0.29) is 11.0 Å². The van der Waals surface area contributed by atoms with Gasteiger partial charge in [0.1, 0.15) is 5.75 Å². The van der Waals surface area contributed by atoms with Gasteiger partial charge in [-0.1, -0.05) is 12.8 Å². The molecule has 0 aliphatic heterocycles. The molecule has 3 nitrogen and oxygen atoms in total. The number of ether oxygens (including phenoxy) is 1. The van der Waals surface area contributed by atoms with Crippen LogP contribution in [-0.2, 0) is 9.05 Å². The van der Waals surface area contributed by atoms with Crippen LogP contribution in [0.4, 0.5) is 0 Å². The molecule has 1 saturated carbocycles. The van der Waals surface area contributed by atoms with Crippen molar-refractivity contribution in [3.05, 3.63) is 23.3 Å². The summed E-state index contributed by atoms with van der Waals surface area (Å²) in [6.07, 6.45) is 7.37. The fourth-order valence-corrected chi connectivity index (χ4v) is 3.95. The summed E-state index contributed by atoms with van der Waals surface area (Å²) in [4.78, 5) is 0.171. The van der Waals surface area contributed by atoms with Gasteiger partial charge >= 0.3 is 0 Å². The van der Waals surface area contributed by atoms with E-state index < -0.39 is 9.05 Å².